The maximum absolute atomic E-state index is 12.4. The van der Waals surface area contributed by atoms with Crippen LogP contribution in [0.2, 0.25) is 0 Å². The average molecular weight is 294 g/mol. The van der Waals surface area contributed by atoms with E-state index in [1.54, 1.807) is 0 Å². The first kappa shape index (κ1) is 14.8. The van der Waals surface area contributed by atoms with Gasteiger partial charge in [-0.15, -0.1) is 0 Å². The van der Waals surface area contributed by atoms with Crippen molar-refractivity contribution >= 4 is 11.8 Å². The summed E-state index contributed by atoms with van der Waals surface area (Å²) in [7, 11) is 0. The Kier molecular flexibility index (Phi) is 3.72. The lowest BCUT2D eigenvalue weighted by Gasteiger charge is -2.48. The Morgan fingerprint density at radius 3 is 2.10 bits per heavy atom. The fourth-order valence-corrected chi connectivity index (χ4v) is 3.62. The molecule has 0 unspecified atom stereocenters. The van der Waals surface area contributed by atoms with Crippen molar-refractivity contribution in [2.24, 2.45) is 17.8 Å². The van der Waals surface area contributed by atoms with Crippen LogP contribution >= 0.6 is 0 Å². The summed E-state index contributed by atoms with van der Waals surface area (Å²) in [5.74, 6) is 0.850. The molecule has 0 aromatic carbocycles. The second-order valence-electron chi connectivity index (χ2n) is 7.33. The summed E-state index contributed by atoms with van der Waals surface area (Å²) in [4.78, 5) is 28.1. The third-order valence-electron chi connectivity index (χ3n) is 5.23. The summed E-state index contributed by atoms with van der Waals surface area (Å²) in [5.41, 5.74) is -0.593. The van der Waals surface area contributed by atoms with Crippen molar-refractivity contribution in [1.29, 1.82) is 0 Å². The first-order valence-electron chi connectivity index (χ1n) is 8.20. The van der Waals surface area contributed by atoms with Gasteiger partial charge in [-0.1, -0.05) is 13.8 Å². The van der Waals surface area contributed by atoms with Gasteiger partial charge < -0.3 is 14.9 Å². The molecule has 0 aromatic heterocycles. The molecule has 2 saturated heterocycles. The molecule has 1 N–H and O–H groups in total. The smallest absolute Gasteiger partial charge is 0.226 e. The average Bonchev–Trinajstić information content (AvgIpc) is 3.27. The normalized spacial score (nSPS) is 25.9. The van der Waals surface area contributed by atoms with E-state index in [1.165, 1.54) is 0 Å². The first-order chi connectivity index (χ1) is 9.90. The molecule has 1 saturated carbocycles. The summed E-state index contributed by atoms with van der Waals surface area (Å²) < 4.78 is 0. The number of rotatable bonds is 3. The number of hydrogen-bond donors (Lipinski definition) is 1. The van der Waals surface area contributed by atoms with Gasteiger partial charge in [0.05, 0.1) is 13.1 Å². The highest BCUT2D eigenvalue weighted by atomic mass is 16.3. The van der Waals surface area contributed by atoms with Crippen molar-refractivity contribution in [1.82, 2.24) is 9.80 Å². The predicted molar refractivity (Wildman–Crippen MR) is 78.4 cm³/mol. The van der Waals surface area contributed by atoms with Crippen LogP contribution in [0.15, 0.2) is 0 Å². The molecule has 118 valence electrons. The van der Waals surface area contributed by atoms with Crippen LogP contribution in [-0.4, -0.2) is 58.5 Å². The predicted octanol–water partition coefficient (Wildman–Crippen LogP) is 0.864. The first-order valence-corrected chi connectivity index (χ1v) is 8.20. The number of carbonyl (C=O) groups is 2. The lowest BCUT2D eigenvalue weighted by Crippen LogP contribution is -2.66. The molecule has 3 rings (SSSR count). The van der Waals surface area contributed by atoms with Crippen LogP contribution < -0.4 is 0 Å². The number of likely N-dealkylation sites (tertiary alicyclic amines) is 2. The molecule has 3 fully saturated rings. The fraction of sp³-hybridized carbons (Fsp3) is 0.875. The zero-order valence-corrected chi connectivity index (χ0v) is 13.0. The highest BCUT2D eigenvalue weighted by molar-refractivity contribution is 5.81. The molecule has 1 aliphatic carbocycles. The van der Waals surface area contributed by atoms with Gasteiger partial charge in [-0.3, -0.25) is 9.59 Å². The Morgan fingerprint density at radius 1 is 1.05 bits per heavy atom. The van der Waals surface area contributed by atoms with Gasteiger partial charge in [0.25, 0.3) is 0 Å². The minimum Gasteiger partial charge on any atom is -0.386 e. The summed E-state index contributed by atoms with van der Waals surface area (Å²) in [6, 6.07) is 0. The Bertz CT molecular complexity index is 431. The molecule has 2 aliphatic heterocycles. The lowest BCUT2D eigenvalue weighted by atomic mass is 9.86. The standard InChI is InChI=1S/C16H26N2O3/c1-11(2)14(19)17-7-5-12(6-8-17)15(20)18-9-16(21,10-18)13-3-4-13/h11-13,21H,3-10H2,1-2H3. The summed E-state index contributed by atoms with van der Waals surface area (Å²) in [5, 5.41) is 10.3. The van der Waals surface area contributed by atoms with Gasteiger partial charge in [-0.25, -0.2) is 0 Å². The van der Waals surface area contributed by atoms with Gasteiger partial charge in [-0.05, 0) is 31.6 Å². The fourth-order valence-electron chi connectivity index (χ4n) is 3.62. The van der Waals surface area contributed by atoms with Gasteiger partial charge in [0, 0.05) is 24.9 Å². The van der Waals surface area contributed by atoms with Crippen LogP contribution in [-0.2, 0) is 9.59 Å². The van der Waals surface area contributed by atoms with Crippen molar-refractivity contribution in [3.63, 3.8) is 0 Å². The van der Waals surface area contributed by atoms with E-state index in [4.69, 9.17) is 0 Å². The molecular weight excluding hydrogens is 268 g/mol. The molecule has 0 aromatic rings. The SMILES string of the molecule is CC(C)C(=O)N1CCC(C(=O)N2CC(O)(C3CC3)C2)CC1. The number of carbonyl (C=O) groups excluding carboxylic acids is 2. The van der Waals surface area contributed by atoms with Crippen molar-refractivity contribution in [3.8, 4) is 0 Å². The van der Waals surface area contributed by atoms with Crippen LogP contribution in [0, 0.1) is 17.8 Å². The van der Waals surface area contributed by atoms with Crippen LogP contribution in [0.25, 0.3) is 0 Å². The number of piperidine rings is 1. The molecule has 5 nitrogen and oxygen atoms in total. The van der Waals surface area contributed by atoms with E-state index in [2.05, 4.69) is 0 Å². The van der Waals surface area contributed by atoms with Crippen LogP contribution in [0.1, 0.15) is 39.5 Å². The molecule has 0 bridgehead atoms. The third kappa shape index (κ3) is 2.80. The minimum absolute atomic E-state index is 0.0289. The van der Waals surface area contributed by atoms with Gasteiger partial charge >= 0.3 is 0 Å². The maximum atomic E-state index is 12.4. The van der Waals surface area contributed by atoms with Crippen molar-refractivity contribution in [3.05, 3.63) is 0 Å². The largest absolute Gasteiger partial charge is 0.386 e. The van der Waals surface area contributed by atoms with E-state index in [9.17, 15) is 14.7 Å². The number of β-amino-alcohol motifs (C(OH)–C–C–N with tert-alkyl or cyclic N) is 1. The number of aliphatic hydroxyl groups is 1. The molecule has 2 heterocycles. The maximum Gasteiger partial charge on any atom is 0.226 e. The van der Waals surface area contributed by atoms with Crippen LogP contribution in [0.4, 0.5) is 0 Å². The third-order valence-corrected chi connectivity index (χ3v) is 5.23. The van der Waals surface area contributed by atoms with E-state index in [0.717, 1.165) is 25.7 Å². The summed E-state index contributed by atoms with van der Waals surface area (Å²) in [6.45, 7) is 6.24. The molecule has 2 amide bonds. The molecule has 21 heavy (non-hydrogen) atoms. The molecule has 3 aliphatic rings. The van der Waals surface area contributed by atoms with E-state index in [-0.39, 0.29) is 23.7 Å². The minimum atomic E-state index is -0.593. The Labute approximate surface area is 126 Å². The van der Waals surface area contributed by atoms with Crippen molar-refractivity contribution < 1.29 is 14.7 Å². The number of amides is 2. The molecule has 5 heteroatoms. The van der Waals surface area contributed by atoms with Gasteiger partial charge in [0.1, 0.15) is 5.60 Å². The zero-order chi connectivity index (χ0) is 15.2. The highest BCUT2D eigenvalue weighted by Gasteiger charge is 2.53. The highest BCUT2D eigenvalue weighted by Crippen LogP contribution is 2.45. The monoisotopic (exact) mass is 294 g/mol. The van der Waals surface area contributed by atoms with Crippen molar-refractivity contribution in [2.45, 2.75) is 45.1 Å². The zero-order valence-electron chi connectivity index (χ0n) is 13.0. The topological polar surface area (TPSA) is 60.9 Å². The number of nitrogens with zero attached hydrogens (tertiary/aromatic N) is 2. The lowest BCUT2D eigenvalue weighted by molar-refractivity contribution is -0.165. The van der Waals surface area contributed by atoms with Crippen LogP contribution in [0.5, 0.6) is 0 Å². The van der Waals surface area contributed by atoms with E-state index in [0.29, 0.717) is 32.1 Å². The Morgan fingerprint density at radius 2 is 1.62 bits per heavy atom. The Balaban J connectivity index is 1.47. The van der Waals surface area contributed by atoms with Gasteiger partial charge in [0.15, 0.2) is 0 Å². The van der Waals surface area contributed by atoms with Gasteiger partial charge in [0.2, 0.25) is 11.8 Å². The second-order valence-corrected chi connectivity index (χ2v) is 7.33. The van der Waals surface area contributed by atoms with E-state index < -0.39 is 5.60 Å². The van der Waals surface area contributed by atoms with Crippen molar-refractivity contribution in [2.75, 3.05) is 26.2 Å². The van der Waals surface area contributed by atoms with E-state index in [1.807, 2.05) is 23.6 Å². The van der Waals surface area contributed by atoms with E-state index >= 15 is 0 Å². The summed E-state index contributed by atoms with van der Waals surface area (Å²) >= 11 is 0. The quantitative estimate of drug-likeness (QED) is 0.840. The van der Waals surface area contributed by atoms with Gasteiger partial charge in [-0.2, -0.15) is 0 Å². The Hall–Kier alpha value is -1.10. The molecule has 0 radical (unpaired) electrons. The molecule has 0 atom stereocenters. The molecular formula is C16H26N2O3. The molecule has 0 spiro atoms. The summed E-state index contributed by atoms with van der Waals surface area (Å²) in [6.07, 6.45) is 3.73. The number of hydrogen-bond acceptors (Lipinski definition) is 3. The second kappa shape index (κ2) is 5.27. The van der Waals surface area contributed by atoms with Crippen LogP contribution in [0.3, 0.4) is 0 Å².